The standard InChI is InChI=1S/C16H16OS/c1-16(2,12-8-4-3-5-9-12)14-11-7-6-10-13(14)15(17)18/h3-11H,1-2H3,(H,17,18). The summed E-state index contributed by atoms with van der Waals surface area (Å²) in [6.07, 6.45) is 0. The van der Waals surface area contributed by atoms with E-state index in [4.69, 9.17) is 0 Å². The summed E-state index contributed by atoms with van der Waals surface area (Å²) in [6.45, 7) is 4.25. The van der Waals surface area contributed by atoms with Gasteiger partial charge < -0.3 is 0 Å². The average Bonchev–Trinajstić information content (AvgIpc) is 2.39. The van der Waals surface area contributed by atoms with Gasteiger partial charge in [-0.25, -0.2) is 0 Å². The third kappa shape index (κ3) is 2.34. The molecule has 0 aliphatic carbocycles. The topological polar surface area (TPSA) is 17.1 Å². The number of hydrogen-bond acceptors (Lipinski definition) is 1. The third-order valence-corrected chi connectivity index (χ3v) is 3.57. The van der Waals surface area contributed by atoms with Crippen molar-refractivity contribution < 1.29 is 4.79 Å². The molecular weight excluding hydrogens is 240 g/mol. The van der Waals surface area contributed by atoms with E-state index in [2.05, 4.69) is 38.6 Å². The number of benzene rings is 2. The zero-order valence-corrected chi connectivity index (χ0v) is 11.4. The molecule has 0 saturated carbocycles. The Morgan fingerprint density at radius 3 is 2.11 bits per heavy atom. The fourth-order valence-corrected chi connectivity index (χ4v) is 2.42. The van der Waals surface area contributed by atoms with Crippen LogP contribution in [0.3, 0.4) is 0 Å². The normalized spacial score (nSPS) is 11.3. The maximum absolute atomic E-state index is 11.6. The number of thiol groups is 1. The molecule has 2 aromatic carbocycles. The lowest BCUT2D eigenvalue weighted by Crippen LogP contribution is -2.21. The predicted molar refractivity (Wildman–Crippen MR) is 78.3 cm³/mol. The van der Waals surface area contributed by atoms with E-state index in [-0.39, 0.29) is 10.5 Å². The molecule has 0 N–H and O–H groups in total. The smallest absolute Gasteiger partial charge is 0.216 e. The maximum atomic E-state index is 11.6. The largest absolute Gasteiger partial charge is 0.282 e. The molecule has 0 aromatic heterocycles. The second-order valence-electron chi connectivity index (χ2n) is 4.84. The van der Waals surface area contributed by atoms with Gasteiger partial charge in [0.15, 0.2) is 0 Å². The highest BCUT2D eigenvalue weighted by Gasteiger charge is 2.26. The van der Waals surface area contributed by atoms with Crippen LogP contribution >= 0.6 is 12.6 Å². The monoisotopic (exact) mass is 256 g/mol. The summed E-state index contributed by atoms with van der Waals surface area (Å²) in [4.78, 5) is 11.6. The van der Waals surface area contributed by atoms with Crippen LogP contribution in [0.1, 0.15) is 35.3 Å². The van der Waals surface area contributed by atoms with Gasteiger partial charge in [0.25, 0.3) is 0 Å². The van der Waals surface area contributed by atoms with Crippen LogP contribution in [0.2, 0.25) is 0 Å². The van der Waals surface area contributed by atoms with Crippen molar-refractivity contribution in [1.82, 2.24) is 0 Å². The highest BCUT2D eigenvalue weighted by atomic mass is 32.1. The van der Waals surface area contributed by atoms with Crippen molar-refractivity contribution in [2.75, 3.05) is 0 Å². The summed E-state index contributed by atoms with van der Waals surface area (Å²) in [5.74, 6) is 0. The van der Waals surface area contributed by atoms with Gasteiger partial charge >= 0.3 is 0 Å². The van der Waals surface area contributed by atoms with Gasteiger partial charge in [-0.1, -0.05) is 68.4 Å². The van der Waals surface area contributed by atoms with Gasteiger partial charge in [0.1, 0.15) is 0 Å². The molecule has 0 fully saturated rings. The van der Waals surface area contributed by atoms with Crippen molar-refractivity contribution in [2.24, 2.45) is 0 Å². The summed E-state index contributed by atoms with van der Waals surface area (Å²) < 4.78 is 0. The molecule has 0 spiro atoms. The Hall–Kier alpha value is -1.54. The first-order chi connectivity index (χ1) is 8.53. The number of rotatable bonds is 3. The van der Waals surface area contributed by atoms with Crippen molar-refractivity contribution in [2.45, 2.75) is 19.3 Å². The first-order valence-electron chi connectivity index (χ1n) is 5.92. The molecule has 18 heavy (non-hydrogen) atoms. The Bertz CT molecular complexity index is 558. The van der Waals surface area contributed by atoms with E-state index < -0.39 is 0 Å². The Morgan fingerprint density at radius 2 is 1.50 bits per heavy atom. The molecule has 0 amide bonds. The Balaban J connectivity index is 2.58. The van der Waals surface area contributed by atoms with Gasteiger partial charge in [0.2, 0.25) is 5.12 Å². The van der Waals surface area contributed by atoms with E-state index >= 15 is 0 Å². The first-order valence-corrected chi connectivity index (χ1v) is 6.36. The van der Waals surface area contributed by atoms with Crippen molar-refractivity contribution in [3.05, 3.63) is 71.3 Å². The van der Waals surface area contributed by atoms with Crippen LogP contribution < -0.4 is 0 Å². The fourth-order valence-electron chi connectivity index (χ4n) is 2.22. The van der Waals surface area contributed by atoms with Crippen LogP contribution in [-0.2, 0) is 5.41 Å². The molecule has 0 radical (unpaired) electrons. The Kier molecular flexibility index (Phi) is 3.58. The molecule has 0 aliphatic heterocycles. The third-order valence-electron chi connectivity index (χ3n) is 3.33. The van der Waals surface area contributed by atoms with Crippen LogP contribution in [0.4, 0.5) is 0 Å². The molecule has 1 nitrogen and oxygen atoms in total. The van der Waals surface area contributed by atoms with E-state index in [0.717, 1.165) is 5.56 Å². The van der Waals surface area contributed by atoms with Crippen LogP contribution in [0.5, 0.6) is 0 Å². The maximum Gasteiger partial charge on any atom is 0.216 e. The van der Waals surface area contributed by atoms with Gasteiger partial charge in [0.05, 0.1) is 0 Å². The minimum Gasteiger partial charge on any atom is -0.282 e. The molecule has 2 rings (SSSR count). The lowest BCUT2D eigenvalue weighted by atomic mass is 9.76. The summed E-state index contributed by atoms with van der Waals surface area (Å²) in [7, 11) is 0. The lowest BCUT2D eigenvalue weighted by molar-refractivity contribution is 0.108. The number of hydrogen-bond donors (Lipinski definition) is 1. The summed E-state index contributed by atoms with van der Waals surface area (Å²) in [6, 6.07) is 17.8. The van der Waals surface area contributed by atoms with E-state index in [1.807, 2.05) is 42.5 Å². The minimum absolute atomic E-state index is 0.186. The fraction of sp³-hybridized carbons (Fsp3) is 0.188. The van der Waals surface area contributed by atoms with Gasteiger partial charge in [-0.05, 0) is 11.1 Å². The highest BCUT2D eigenvalue weighted by molar-refractivity contribution is 7.97. The van der Waals surface area contributed by atoms with Crippen LogP contribution in [0.25, 0.3) is 0 Å². The quantitative estimate of drug-likeness (QED) is 0.819. The van der Waals surface area contributed by atoms with Crippen molar-refractivity contribution in [1.29, 1.82) is 0 Å². The minimum atomic E-state index is -0.212. The summed E-state index contributed by atoms with van der Waals surface area (Å²) >= 11 is 3.96. The Labute approximate surface area is 113 Å². The van der Waals surface area contributed by atoms with Gasteiger partial charge in [-0.2, -0.15) is 0 Å². The van der Waals surface area contributed by atoms with Gasteiger partial charge in [0, 0.05) is 11.0 Å². The molecule has 0 bridgehead atoms. The molecule has 0 unspecified atom stereocenters. The molecule has 2 aromatic rings. The van der Waals surface area contributed by atoms with Crippen LogP contribution in [-0.4, -0.2) is 5.12 Å². The summed E-state index contributed by atoms with van der Waals surface area (Å²) in [5, 5.41) is -0.186. The summed E-state index contributed by atoms with van der Waals surface area (Å²) in [5.41, 5.74) is 2.66. The van der Waals surface area contributed by atoms with Gasteiger partial charge in [-0.3, -0.25) is 4.79 Å². The molecule has 2 heteroatoms. The van der Waals surface area contributed by atoms with Crippen molar-refractivity contribution in [3.63, 3.8) is 0 Å². The Morgan fingerprint density at radius 1 is 0.944 bits per heavy atom. The molecule has 0 aliphatic rings. The van der Waals surface area contributed by atoms with E-state index in [0.29, 0.717) is 5.56 Å². The number of carbonyl (C=O) groups is 1. The second kappa shape index (κ2) is 4.99. The van der Waals surface area contributed by atoms with Gasteiger partial charge in [-0.15, -0.1) is 12.6 Å². The first kappa shape index (κ1) is 12.9. The molecule has 0 heterocycles. The zero-order chi connectivity index (χ0) is 13.2. The molecular formula is C16H16OS. The van der Waals surface area contributed by atoms with Crippen molar-refractivity contribution in [3.8, 4) is 0 Å². The molecule has 0 saturated heterocycles. The van der Waals surface area contributed by atoms with E-state index in [1.165, 1.54) is 5.56 Å². The molecule has 92 valence electrons. The average molecular weight is 256 g/mol. The van der Waals surface area contributed by atoms with Crippen molar-refractivity contribution >= 4 is 17.7 Å². The predicted octanol–water partition coefficient (Wildman–Crippen LogP) is 4.08. The SMILES string of the molecule is CC(C)(c1ccccc1)c1ccccc1C(=O)S. The zero-order valence-electron chi connectivity index (χ0n) is 10.6. The second-order valence-corrected chi connectivity index (χ2v) is 5.25. The highest BCUT2D eigenvalue weighted by Crippen LogP contribution is 2.33. The van der Waals surface area contributed by atoms with Crippen LogP contribution in [0.15, 0.2) is 54.6 Å². The van der Waals surface area contributed by atoms with E-state index in [9.17, 15) is 4.79 Å². The van der Waals surface area contributed by atoms with E-state index in [1.54, 1.807) is 0 Å². The van der Waals surface area contributed by atoms with Crippen LogP contribution in [0, 0.1) is 0 Å². The number of carbonyl (C=O) groups excluding carboxylic acids is 1. The molecule has 0 atom stereocenters. The lowest BCUT2D eigenvalue weighted by Gasteiger charge is -2.27.